The summed E-state index contributed by atoms with van der Waals surface area (Å²) in [4.78, 5) is 19.4. The highest BCUT2D eigenvalue weighted by molar-refractivity contribution is 5.99. The van der Waals surface area contributed by atoms with E-state index in [2.05, 4.69) is 9.89 Å². The summed E-state index contributed by atoms with van der Waals surface area (Å²) in [6.07, 6.45) is 9.96. The highest BCUT2D eigenvalue weighted by atomic mass is 16.2. The smallest absolute Gasteiger partial charge is 0.252 e. The Kier molecular flexibility index (Phi) is 2.23. The second kappa shape index (κ2) is 3.78. The largest absolute Gasteiger partial charge is 0.329 e. The lowest BCUT2D eigenvalue weighted by Gasteiger charge is -2.63. The molecular formula is C17H23N3O. The zero-order valence-corrected chi connectivity index (χ0v) is 12.5. The third kappa shape index (κ3) is 1.60. The van der Waals surface area contributed by atoms with Crippen molar-refractivity contribution in [3.63, 3.8) is 0 Å². The number of aliphatic imine (C=N–C) groups is 1. The van der Waals surface area contributed by atoms with Gasteiger partial charge in [-0.05, 0) is 55.9 Å². The van der Waals surface area contributed by atoms with E-state index in [9.17, 15) is 4.79 Å². The van der Waals surface area contributed by atoms with E-state index in [1.54, 1.807) is 0 Å². The van der Waals surface area contributed by atoms with Gasteiger partial charge < -0.3 is 10.6 Å². The van der Waals surface area contributed by atoms with Gasteiger partial charge in [-0.15, -0.1) is 0 Å². The lowest BCUT2D eigenvalue weighted by atomic mass is 9.49. The number of amides is 1. The number of nitrogens with zero attached hydrogens (tertiary/aromatic N) is 2. The molecule has 1 amide bonds. The number of carbonyl (C=O) groups is 1. The number of nitrogens with two attached hydrogens (primary N) is 1. The van der Waals surface area contributed by atoms with Crippen LogP contribution in [0.25, 0.3) is 0 Å². The first kappa shape index (κ1) is 12.4. The van der Waals surface area contributed by atoms with Crippen LogP contribution in [0.15, 0.2) is 16.1 Å². The van der Waals surface area contributed by atoms with Gasteiger partial charge in [0.25, 0.3) is 5.91 Å². The number of rotatable bonds is 1. The van der Waals surface area contributed by atoms with Crippen molar-refractivity contribution in [3.05, 3.63) is 11.1 Å². The van der Waals surface area contributed by atoms with Gasteiger partial charge in [0, 0.05) is 35.8 Å². The van der Waals surface area contributed by atoms with Gasteiger partial charge in [0.2, 0.25) is 0 Å². The first-order chi connectivity index (χ1) is 10.1. The van der Waals surface area contributed by atoms with E-state index < -0.39 is 0 Å². The molecule has 2 heterocycles. The summed E-state index contributed by atoms with van der Waals surface area (Å²) in [5.74, 6) is 1.77. The molecule has 2 N–H and O–H groups in total. The molecule has 2 unspecified atom stereocenters. The molecular weight excluding hydrogens is 262 g/mol. The maximum absolute atomic E-state index is 12.9. The first-order valence-electron chi connectivity index (χ1n) is 8.37. The van der Waals surface area contributed by atoms with Crippen LogP contribution in [0, 0.1) is 11.8 Å². The number of carbonyl (C=O) groups excluding carboxylic acids is 1. The van der Waals surface area contributed by atoms with Crippen molar-refractivity contribution in [1.82, 2.24) is 4.90 Å². The van der Waals surface area contributed by atoms with E-state index in [0.29, 0.717) is 6.54 Å². The van der Waals surface area contributed by atoms with Crippen LogP contribution in [0.4, 0.5) is 0 Å². The van der Waals surface area contributed by atoms with Gasteiger partial charge in [-0.1, -0.05) is 0 Å². The lowest BCUT2D eigenvalue weighted by molar-refractivity contribution is -0.145. The van der Waals surface area contributed by atoms with Gasteiger partial charge in [0.1, 0.15) is 0 Å². The SMILES string of the molecule is NC12CC3CC(C1)CC(N1CC4=C(CN=CC4)C1=O)(C3)C2. The molecule has 4 heteroatoms. The molecule has 0 saturated heterocycles. The fourth-order valence-corrected chi connectivity index (χ4v) is 6.35. The Morgan fingerprint density at radius 1 is 1.24 bits per heavy atom. The first-order valence-corrected chi connectivity index (χ1v) is 8.37. The van der Waals surface area contributed by atoms with Gasteiger partial charge in [-0.2, -0.15) is 0 Å². The van der Waals surface area contributed by atoms with Crippen LogP contribution in [0.5, 0.6) is 0 Å². The normalized spacial score (nSPS) is 47.5. The Morgan fingerprint density at radius 3 is 2.67 bits per heavy atom. The molecule has 6 rings (SSSR count). The Hall–Kier alpha value is -1.16. The average Bonchev–Trinajstić information content (AvgIpc) is 2.75. The summed E-state index contributed by atoms with van der Waals surface area (Å²) in [7, 11) is 0. The number of dihydropyridines is 1. The van der Waals surface area contributed by atoms with Crippen LogP contribution in [0.2, 0.25) is 0 Å². The van der Waals surface area contributed by atoms with Crippen LogP contribution in [0.3, 0.4) is 0 Å². The van der Waals surface area contributed by atoms with E-state index in [4.69, 9.17) is 5.73 Å². The fraction of sp³-hybridized carbons (Fsp3) is 0.765. The van der Waals surface area contributed by atoms with Crippen molar-refractivity contribution in [2.24, 2.45) is 22.6 Å². The minimum Gasteiger partial charge on any atom is -0.329 e. The van der Waals surface area contributed by atoms with Gasteiger partial charge in [0.15, 0.2) is 0 Å². The minimum absolute atomic E-state index is 0.00393. The van der Waals surface area contributed by atoms with Gasteiger partial charge in [-0.25, -0.2) is 0 Å². The summed E-state index contributed by atoms with van der Waals surface area (Å²) >= 11 is 0. The Labute approximate surface area is 125 Å². The van der Waals surface area contributed by atoms with E-state index in [-0.39, 0.29) is 17.0 Å². The molecule has 21 heavy (non-hydrogen) atoms. The fourth-order valence-electron chi connectivity index (χ4n) is 6.35. The third-order valence-electron chi connectivity index (χ3n) is 6.64. The van der Waals surface area contributed by atoms with Crippen molar-refractivity contribution in [3.8, 4) is 0 Å². The Bertz CT molecular complexity index is 577. The predicted octanol–water partition coefficient (Wildman–Crippen LogP) is 1.65. The van der Waals surface area contributed by atoms with Crippen molar-refractivity contribution in [2.75, 3.05) is 13.1 Å². The molecule has 4 aliphatic carbocycles. The van der Waals surface area contributed by atoms with Crippen LogP contribution < -0.4 is 5.73 Å². The second-order valence-electron chi connectivity index (χ2n) is 8.25. The molecule has 0 spiro atoms. The Balaban J connectivity index is 1.50. The van der Waals surface area contributed by atoms with E-state index in [1.807, 2.05) is 6.21 Å². The van der Waals surface area contributed by atoms with Gasteiger partial charge >= 0.3 is 0 Å². The molecule has 6 aliphatic rings. The topological polar surface area (TPSA) is 58.7 Å². The average molecular weight is 285 g/mol. The van der Waals surface area contributed by atoms with Crippen LogP contribution >= 0.6 is 0 Å². The van der Waals surface area contributed by atoms with E-state index in [1.165, 1.54) is 37.7 Å². The quantitative estimate of drug-likeness (QED) is 0.796. The molecule has 112 valence electrons. The Morgan fingerprint density at radius 2 is 2.00 bits per heavy atom. The second-order valence-corrected chi connectivity index (χ2v) is 8.25. The van der Waals surface area contributed by atoms with Crippen LogP contribution in [0.1, 0.15) is 44.9 Å². The van der Waals surface area contributed by atoms with Crippen LogP contribution in [-0.4, -0.2) is 41.2 Å². The molecule has 4 saturated carbocycles. The molecule has 0 aromatic heterocycles. The molecule has 4 fully saturated rings. The van der Waals surface area contributed by atoms with Crippen molar-refractivity contribution in [1.29, 1.82) is 0 Å². The molecule has 4 bridgehead atoms. The molecule has 0 aromatic carbocycles. The van der Waals surface area contributed by atoms with Gasteiger partial charge in [0.05, 0.1) is 6.54 Å². The van der Waals surface area contributed by atoms with Crippen LogP contribution in [-0.2, 0) is 4.79 Å². The third-order valence-corrected chi connectivity index (χ3v) is 6.64. The van der Waals surface area contributed by atoms with Gasteiger partial charge in [-0.3, -0.25) is 9.79 Å². The summed E-state index contributed by atoms with van der Waals surface area (Å²) < 4.78 is 0. The van der Waals surface area contributed by atoms with Crippen molar-refractivity contribution in [2.45, 2.75) is 56.0 Å². The zero-order valence-electron chi connectivity index (χ0n) is 12.5. The monoisotopic (exact) mass is 285 g/mol. The summed E-state index contributed by atoms with van der Waals surface area (Å²) in [5, 5.41) is 0. The standard InChI is InChI=1S/C17H23N3O/c18-16-4-11-3-12(5-16)7-17(6-11,10-16)20-9-13-1-2-19-8-14(13)15(20)21/h2,11-12H,1,3-10,18H2. The minimum atomic E-state index is 0.00393. The van der Waals surface area contributed by atoms with E-state index in [0.717, 1.165) is 36.8 Å². The molecule has 4 nitrogen and oxygen atoms in total. The summed E-state index contributed by atoms with van der Waals surface area (Å²) in [6, 6.07) is 0. The summed E-state index contributed by atoms with van der Waals surface area (Å²) in [5.41, 5.74) is 9.06. The number of hydrogen-bond acceptors (Lipinski definition) is 3. The molecule has 0 aromatic rings. The highest BCUT2D eigenvalue weighted by Gasteiger charge is 2.60. The number of hydrogen-bond donors (Lipinski definition) is 1. The molecule has 2 aliphatic heterocycles. The predicted molar refractivity (Wildman–Crippen MR) is 81.0 cm³/mol. The zero-order chi connectivity index (χ0) is 14.2. The van der Waals surface area contributed by atoms with E-state index >= 15 is 0 Å². The van der Waals surface area contributed by atoms with Crippen molar-refractivity contribution >= 4 is 12.1 Å². The lowest BCUT2D eigenvalue weighted by Crippen LogP contribution is -2.68. The molecule has 2 atom stereocenters. The molecule has 0 radical (unpaired) electrons. The highest BCUT2D eigenvalue weighted by Crippen LogP contribution is 2.59. The maximum Gasteiger partial charge on any atom is 0.252 e. The van der Waals surface area contributed by atoms with Crippen molar-refractivity contribution < 1.29 is 4.79 Å². The maximum atomic E-state index is 12.9. The summed E-state index contributed by atoms with van der Waals surface area (Å²) in [6.45, 7) is 1.44.